The molecular weight excluding hydrogens is 312 g/mol. The van der Waals surface area contributed by atoms with Gasteiger partial charge in [-0.15, -0.1) is 0 Å². The van der Waals surface area contributed by atoms with Gasteiger partial charge in [0.15, 0.2) is 5.65 Å². The zero-order chi connectivity index (χ0) is 17.4. The van der Waals surface area contributed by atoms with Crippen molar-refractivity contribution in [2.75, 3.05) is 5.32 Å². The van der Waals surface area contributed by atoms with Gasteiger partial charge in [0.25, 0.3) is 0 Å². The molecule has 6 heteroatoms. The molecule has 0 aliphatic carbocycles. The van der Waals surface area contributed by atoms with Crippen LogP contribution in [0.1, 0.15) is 24.2 Å². The molecule has 0 saturated heterocycles. The Balaban J connectivity index is 1.78. The molecule has 126 valence electrons. The van der Waals surface area contributed by atoms with Crippen LogP contribution in [0.2, 0.25) is 0 Å². The summed E-state index contributed by atoms with van der Waals surface area (Å²) in [6, 6.07) is 14.3. The van der Waals surface area contributed by atoms with Gasteiger partial charge in [-0.3, -0.25) is 4.68 Å². The maximum Gasteiger partial charge on any atom is 0.158 e. The average Bonchev–Trinajstić information content (AvgIpc) is 3.20. The molecule has 3 heterocycles. The van der Waals surface area contributed by atoms with Gasteiger partial charge < -0.3 is 5.32 Å². The zero-order valence-corrected chi connectivity index (χ0v) is 14.5. The summed E-state index contributed by atoms with van der Waals surface area (Å²) < 4.78 is 3.66. The van der Waals surface area contributed by atoms with Crippen LogP contribution in [0.5, 0.6) is 0 Å². The first kappa shape index (κ1) is 15.4. The number of fused-ring (bicyclic) bond motifs is 1. The third-order valence-electron chi connectivity index (χ3n) is 4.21. The topological polar surface area (TPSA) is 60.0 Å². The standard InChI is InChI=1S/C19H20N6/c1-13-9-18-22-17(15-7-5-4-6-8-15)10-19(25(18)23-13)21-14(2)16-11-20-24(3)12-16/h4-12,14,21H,1-3H3/t14-/m1/s1. The number of nitrogens with one attached hydrogen (secondary N) is 1. The Hall–Kier alpha value is -3.15. The minimum absolute atomic E-state index is 0.104. The first-order valence-corrected chi connectivity index (χ1v) is 8.28. The van der Waals surface area contributed by atoms with Crippen LogP contribution in [0.15, 0.2) is 54.9 Å². The van der Waals surface area contributed by atoms with Crippen LogP contribution in [-0.2, 0) is 7.05 Å². The van der Waals surface area contributed by atoms with Crippen molar-refractivity contribution < 1.29 is 0 Å². The number of anilines is 1. The van der Waals surface area contributed by atoms with Crippen molar-refractivity contribution in [3.63, 3.8) is 0 Å². The molecule has 3 aromatic heterocycles. The van der Waals surface area contributed by atoms with E-state index < -0.39 is 0 Å². The van der Waals surface area contributed by atoms with Crippen molar-refractivity contribution in [3.8, 4) is 11.3 Å². The van der Waals surface area contributed by atoms with E-state index in [1.54, 1.807) is 0 Å². The van der Waals surface area contributed by atoms with Gasteiger partial charge in [0, 0.05) is 36.5 Å². The third-order valence-corrected chi connectivity index (χ3v) is 4.21. The molecule has 0 aliphatic rings. The minimum atomic E-state index is 0.104. The van der Waals surface area contributed by atoms with Crippen molar-refractivity contribution >= 4 is 11.5 Å². The van der Waals surface area contributed by atoms with Crippen LogP contribution in [0.4, 0.5) is 5.82 Å². The Bertz CT molecular complexity index is 1020. The molecule has 0 aliphatic heterocycles. The van der Waals surface area contributed by atoms with Crippen LogP contribution < -0.4 is 5.32 Å². The highest BCUT2D eigenvalue weighted by Crippen LogP contribution is 2.25. The Labute approximate surface area is 146 Å². The fourth-order valence-corrected chi connectivity index (χ4v) is 2.92. The van der Waals surface area contributed by atoms with Crippen molar-refractivity contribution in [1.29, 1.82) is 0 Å². The molecule has 4 rings (SSSR count). The van der Waals surface area contributed by atoms with Crippen LogP contribution in [0, 0.1) is 6.92 Å². The van der Waals surface area contributed by atoms with Gasteiger partial charge in [0.05, 0.1) is 23.6 Å². The SMILES string of the molecule is Cc1cc2nc(-c3ccccc3)cc(N[C@H](C)c3cnn(C)c3)n2n1. The maximum atomic E-state index is 4.76. The fourth-order valence-electron chi connectivity index (χ4n) is 2.92. The van der Waals surface area contributed by atoms with Crippen LogP contribution in [0.3, 0.4) is 0 Å². The lowest BCUT2D eigenvalue weighted by Gasteiger charge is -2.15. The Morgan fingerprint density at radius 2 is 1.92 bits per heavy atom. The second kappa shape index (κ2) is 6.05. The maximum absolute atomic E-state index is 4.76. The Kier molecular flexibility index (Phi) is 3.72. The summed E-state index contributed by atoms with van der Waals surface area (Å²) in [6.45, 7) is 4.09. The molecule has 0 amide bonds. The molecule has 0 spiro atoms. The number of benzene rings is 1. The first-order chi connectivity index (χ1) is 12.1. The second-order valence-corrected chi connectivity index (χ2v) is 6.26. The molecule has 0 unspecified atom stereocenters. The number of aryl methyl sites for hydroxylation is 2. The van der Waals surface area contributed by atoms with Gasteiger partial charge in [-0.05, 0) is 13.8 Å². The average molecular weight is 332 g/mol. The van der Waals surface area contributed by atoms with E-state index in [9.17, 15) is 0 Å². The van der Waals surface area contributed by atoms with E-state index in [4.69, 9.17) is 4.98 Å². The summed E-state index contributed by atoms with van der Waals surface area (Å²) in [6.07, 6.45) is 3.89. The lowest BCUT2D eigenvalue weighted by Crippen LogP contribution is -2.11. The van der Waals surface area contributed by atoms with Crippen molar-refractivity contribution in [2.45, 2.75) is 19.9 Å². The zero-order valence-electron chi connectivity index (χ0n) is 14.5. The van der Waals surface area contributed by atoms with Crippen LogP contribution >= 0.6 is 0 Å². The summed E-state index contributed by atoms with van der Waals surface area (Å²) in [5, 5.41) is 12.4. The number of nitrogens with zero attached hydrogens (tertiary/aromatic N) is 5. The van der Waals surface area contributed by atoms with E-state index in [2.05, 4.69) is 34.6 Å². The van der Waals surface area contributed by atoms with Crippen molar-refractivity contribution in [3.05, 3.63) is 66.1 Å². The van der Waals surface area contributed by atoms with Gasteiger partial charge in [-0.1, -0.05) is 30.3 Å². The monoisotopic (exact) mass is 332 g/mol. The highest BCUT2D eigenvalue weighted by Gasteiger charge is 2.13. The fraction of sp³-hybridized carbons (Fsp3) is 0.211. The Morgan fingerprint density at radius 1 is 1.12 bits per heavy atom. The number of aromatic nitrogens is 5. The van der Waals surface area contributed by atoms with Crippen molar-refractivity contribution in [2.24, 2.45) is 7.05 Å². The molecule has 25 heavy (non-hydrogen) atoms. The van der Waals surface area contributed by atoms with Gasteiger partial charge in [0.2, 0.25) is 0 Å². The summed E-state index contributed by atoms with van der Waals surface area (Å²) in [4.78, 5) is 4.76. The van der Waals surface area contributed by atoms with Crippen LogP contribution in [-0.4, -0.2) is 24.4 Å². The number of hydrogen-bond acceptors (Lipinski definition) is 4. The van der Waals surface area contributed by atoms with E-state index in [-0.39, 0.29) is 6.04 Å². The minimum Gasteiger partial charge on any atom is -0.363 e. The molecule has 4 aromatic rings. The highest BCUT2D eigenvalue weighted by molar-refractivity contribution is 5.66. The van der Waals surface area contributed by atoms with E-state index in [0.717, 1.165) is 34.0 Å². The van der Waals surface area contributed by atoms with Gasteiger partial charge in [-0.25, -0.2) is 4.98 Å². The van der Waals surface area contributed by atoms with Gasteiger partial charge in [-0.2, -0.15) is 14.7 Å². The molecule has 1 N–H and O–H groups in total. The highest BCUT2D eigenvalue weighted by atomic mass is 15.3. The molecule has 0 radical (unpaired) electrons. The third kappa shape index (κ3) is 2.98. The quantitative estimate of drug-likeness (QED) is 0.620. The lowest BCUT2D eigenvalue weighted by molar-refractivity contribution is 0.764. The first-order valence-electron chi connectivity index (χ1n) is 8.28. The predicted molar refractivity (Wildman–Crippen MR) is 98.4 cm³/mol. The van der Waals surface area contributed by atoms with Gasteiger partial charge in [0.1, 0.15) is 5.82 Å². The number of hydrogen-bond donors (Lipinski definition) is 1. The van der Waals surface area contributed by atoms with E-state index in [1.807, 2.05) is 65.9 Å². The Morgan fingerprint density at radius 3 is 2.64 bits per heavy atom. The molecule has 0 saturated carbocycles. The smallest absolute Gasteiger partial charge is 0.158 e. The second-order valence-electron chi connectivity index (χ2n) is 6.26. The normalized spacial score (nSPS) is 12.4. The summed E-state index contributed by atoms with van der Waals surface area (Å²) in [7, 11) is 1.92. The molecule has 0 bridgehead atoms. The van der Waals surface area contributed by atoms with E-state index >= 15 is 0 Å². The number of rotatable bonds is 4. The van der Waals surface area contributed by atoms with E-state index in [1.165, 1.54) is 0 Å². The van der Waals surface area contributed by atoms with Crippen LogP contribution in [0.25, 0.3) is 16.9 Å². The van der Waals surface area contributed by atoms with Crippen molar-refractivity contribution in [1.82, 2.24) is 24.4 Å². The molecule has 0 fully saturated rings. The summed E-state index contributed by atoms with van der Waals surface area (Å²) in [5.74, 6) is 0.910. The largest absolute Gasteiger partial charge is 0.363 e. The molecule has 6 nitrogen and oxygen atoms in total. The van der Waals surface area contributed by atoms with E-state index in [0.29, 0.717) is 0 Å². The summed E-state index contributed by atoms with van der Waals surface area (Å²) in [5.41, 5.74) is 4.90. The molecule has 1 aromatic carbocycles. The van der Waals surface area contributed by atoms with Gasteiger partial charge >= 0.3 is 0 Å². The molecular formula is C19H20N6. The summed E-state index contributed by atoms with van der Waals surface area (Å²) >= 11 is 0. The lowest BCUT2D eigenvalue weighted by atomic mass is 10.1. The predicted octanol–water partition coefficient (Wildman–Crippen LogP) is 3.61. The molecule has 1 atom stereocenters.